The second-order valence-electron chi connectivity index (χ2n) is 19.4. The van der Waals surface area contributed by atoms with Gasteiger partial charge in [0.05, 0.1) is 25.4 Å². The molecule has 0 aromatic carbocycles. The normalized spacial score (nSPS) is 20.1. The summed E-state index contributed by atoms with van der Waals surface area (Å²) in [6, 6.07) is -0.717. The van der Waals surface area contributed by atoms with Crippen LogP contribution in [0, 0.1) is 0 Å². The van der Waals surface area contributed by atoms with E-state index in [4.69, 9.17) is 9.47 Å². The molecule has 1 saturated heterocycles. The van der Waals surface area contributed by atoms with Gasteiger partial charge in [0.25, 0.3) is 0 Å². The maximum Gasteiger partial charge on any atom is 0.220 e. The highest BCUT2D eigenvalue weighted by atomic mass is 16.7. The monoisotopic (exact) mass is 932 g/mol. The summed E-state index contributed by atoms with van der Waals surface area (Å²) in [5.74, 6) is -0.143. The molecule has 0 aromatic rings. The van der Waals surface area contributed by atoms with E-state index in [1.807, 2.05) is 0 Å². The lowest BCUT2D eigenvalue weighted by atomic mass is 9.99. The summed E-state index contributed by atoms with van der Waals surface area (Å²) in [4.78, 5) is 13.0. The molecule has 9 heteroatoms. The van der Waals surface area contributed by atoms with Gasteiger partial charge in [0.15, 0.2) is 6.29 Å². The summed E-state index contributed by atoms with van der Waals surface area (Å²) in [7, 11) is 0. The number of aliphatic hydroxyl groups is 5. The van der Waals surface area contributed by atoms with E-state index in [0.717, 1.165) is 64.2 Å². The van der Waals surface area contributed by atoms with E-state index >= 15 is 0 Å². The van der Waals surface area contributed by atoms with Crippen LogP contribution in [-0.4, -0.2) is 87.5 Å². The van der Waals surface area contributed by atoms with Gasteiger partial charge in [-0.15, -0.1) is 0 Å². The van der Waals surface area contributed by atoms with Crippen molar-refractivity contribution < 1.29 is 39.8 Å². The van der Waals surface area contributed by atoms with Crippen molar-refractivity contribution in [2.24, 2.45) is 0 Å². The van der Waals surface area contributed by atoms with Crippen LogP contribution < -0.4 is 5.32 Å². The van der Waals surface area contributed by atoms with Crippen molar-refractivity contribution in [1.29, 1.82) is 0 Å². The van der Waals surface area contributed by atoms with E-state index in [1.165, 1.54) is 161 Å². The Balaban J connectivity index is 2.12. The molecule has 1 fully saturated rings. The number of unbranched alkanes of at least 4 members (excludes halogenated alkanes) is 29. The highest BCUT2D eigenvalue weighted by Crippen LogP contribution is 2.23. The van der Waals surface area contributed by atoms with Crippen LogP contribution in [0.25, 0.3) is 0 Å². The largest absolute Gasteiger partial charge is 0.394 e. The Labute approximate surface area is 405 Å². The fourth-order valence-corrected chi connectivity index (χ4v) is 8.80. The van der Waals surface area contributed by atoms with Crippen LogP contribution in [0.3, 0.4) is 0 Å². The zero-order valence-electron chi connectivity index (χ0n) is 42.7. The van der Waals surface area contributed by atoms with Crippen molar-refractivity contribution in [1.82, 2.24) is 5.32 Å². The molecule has 0 spiro atoms. The Hall–Kier alpha value is -1.85. The molecule has 386 valence electrons. The van der Waals surface area contributed by atoms with Gasteiger partial charge in [-0.2, -0.15) is 0 Å². The first-order valence-electron chi connectivity index (χ1n) is 27.8. The minimum absolute atomic E-state index is 0.136. The predicted molar refractivity (Wildman–Crippen MR) is 276 cm³/mol. The molecule has 1 aliphatic rings. The van der Waals surface area contributed by atoms with E-state index in [9.17, 15) is 30.3 Å². The second kappa shape index (κ2) is 46.9. The molecule has 0 bridgehead atoms. The highest BCUT2D eigenvalue weighted by molar-refractivity contribution is 5.76. The number of carbonyl (C=O) groups is 1. The highest BCUT2D eigenvalue weighted by Gasteiger charge is 2.44. The molecule has 0 aromatic heterocycles. The van der Waals surface area contributed by atoms with E-state index in [0.29, 0.717) is 12.8 Å². The molecule has 1 heterocycles. The molecule has 66 heavy (non-hydrogen) atoms. The average Bonchev–Trinajstić information content (AvgIpc) is 3.32. The number of aliphatic hydroxyl groups excluding tert-OH is 5. The van der Waals surface area contributed by atoms with Crippen molar-refractivity contribution >= 4 is 5.91 Å². The van der Waals surface area contributed by atoms with Crippen LogP contribution in [0.1, 0.15) is 251 Å². The molecule has 1 amide bonds. The van der Waals surface area contributed by atoms with Crippen molar-refractivity contribution in [3.05, 3.63) is 48.6 Å². The molecule has 7 unspecified atom stereocenters. The Bertz CT molecular complexity index is 1170. The third-order valence-electron chi connectivity index (χ3n) is 13.2. The molecule has 1 aliphatic heterocycles. The lowest BCUT2D eigenvalue weighted by Gasteiger charge is -2.40. The zero-order chi connectivity index (χ0) is 48.0. The van der Waals surface area contributed by atoms with Gasteiger partial charge in [-0.25, -0.2) is 0 Å². The summed E-state index contributed by atoms with van der Waals surface area (Å²) in [5.41, 5.74) is 0. The number of hydrogen-bond acceptors (Lipinski definition) is 8. The fourth-order valence-electron chi connectivity index (χ4n) is 8.80. The number of allylic oxidation sites excluding steroid dienone is 8. The first-order chi connectivity index (χ1) is 32.3. The fraction of sp³-hybridized carbons (Fsp3) is 0.842. The number of amides is 1. The topological polar surface area (TPSA) is 149 Å². The van der Waals surface area contributed by atoms with Gasteiger partial charge >= 0.3 is 0 Å². The molecular formula is C57H105NO8. The van der Waals surface area contributed by atoms with Crippen LogP contribution in [0.4, 0.5) is 0 Å². The van der Waals surface area contributed by atoms with E-state index in [1.54, 1.807) is 0 Å². The van der Waals surface area contributed by atoms with Crippen LogP contribution >= 0.6 is 0 Å². The van der Waals surface area contributed by atoms with Gasteiger partial charge < -0.3 is 40.3 Å². The Morgan fingerprint density at radius 1 is 0.530 bits per heavy atom. The third kappa shape index (κ3) is 36.2. The van der Waals surface area contributed by atoms with E-state index in [-0.39, 0.29) is 12.5 Å². The minimum atomic E-state index is -1.55. The van der Waals surface area contributed by atoms with Gasteiger partial charge in [0.2, 0.25) is 5.91 Å². The molecule has 0 saturated carbocycles. The Kier molecular flexibility index (Phi) is 44.1. The number of nitrogens with one attached hydrogen (secondary N) is 1. The first-order valence-corrected chi connectivity index (χ1v) is 27.8. The van der Waals surface area contributed by atoms with Crippen LogP contribution in [0.2, 0.25) is 0 Å². The van der Waals surface area contributed by atoms with Crippen LogP contribution in [0.5, 0.6) is 0 Å². The summed E-state index contributed by atoms with van der Waals surface area (Å²) in [6.07, 6.45) is 54.3. The Morgan fingerprint density at radius 2 is 0.939 bits per heavy atom. The number of rotatable bonds is 47. The van der Waals surface area contributed by atoms with Crippen molar-refractivity contribution in [3.63, 3.8) is 0 Å². The summed E-state index contributed by atoms with van der Waals surface area (Å²) in [5, 5.41) is 54.5. The van der Waals surface area contributed by atoms with Gasteiger partial charge in [-0.3, -0.25) is 4.79 Å². The molecule has 0 radical (unpaired) electrons. The molecule has 7 atom stereocenters. The molecule has 6 N–H and O–H groups in total. The lowest BCUT2D eigenvalue weighted by Crippen LogP contribution is -2.60. The maximum atomic E-state index is 13.0. The van der Waals surface area contributed by atoms with Gasteiger partial charge in [0.1, 0.15) is 24.4 Å². The quantitative estimate of drug-likeness (QED) is 0.0261. The summed E-state index contributed by atoms with van der Waals surface area (Å²) >= 11 is 0. The predicted octanol–water partition coefficient (Wildman–Crippen LogP) is 13.3. The minimum Gasteiger partial charge on any atom is -0.394 e. The lowest BCUT2D eigenvalue weighted by molar-refractivity contribution is -0.302. The number of carbonyl (C=O) groups excluding carboxylic acids is 1. The second-order valence-corrected chi connectivity index (χ2v) is 19.4. The average molecular weight is 932 g/mol. The SMILES string of the molecule is CC/C=C\C/C=C\C/C=C\C/C=C\CCCCCCCCCCCCCCCCCCCCC(=O)NC(COC1OC(CO)C(O)C(O)C1O)C(O)CCCCCCCCCCCCCC. The maximum absolute atomic E-state index is 13.0. The smallest absolute Gasteiger partial charge is 0.220 e. The van der Waals surface area contributed by atoms with Crippen molar-refractivity contribution in [2.45, 2.75) is 294 Å². The Morgan fingerprint density at radius 3 is 1.39 bits per heavy atom. The van der Waals surface area contributed by atoms with E-state index < -0.39 is 49.5 Å². The summed E-state index contributed by atoms with van der Waals surface area (Å²) in [6.45, 7) is 3.73. The molecule has 9 nitrogen and oxygen atoms in total. The van der Waals surface area contributed by atoms with Gasteiger partial charge in [-0.05, 0) is 51.4 Å². The number of hydrogen-bond donors (Lipinski definition) is 6. The van der Waals surface area contributed by atoms with Crippen molar-refractivity contribution in [3.8, 4) is 0 Å². The van der Waals surface area contributed by atoms with Gasteiger partial charge in [-0.1, -0.05) is 242 Å². The van der Waals surface area contributed by atoms with Crippen LogP contribution in [0.15, 0.2) is 48.6 Å². The van der Waals surface area contributed by atoms with Gasteiger partial charge in [0, 0.05) is 6.42 Å². The standard InChI is InChI=1S/C57H105NO8/c1-3-5-7-9-11-13-15-17-18-19-20-21-22-23-24-25-26-27-28-29-30-31-32-33-34-35-37-39-41-43-45-47-53(61)58-50(49-65-57-56(64)55(63)54(62)52(48-59)66-57)51(60)46-44-42-40-38-36-16-14-12-10-8-6-4-2/h5,7,11,13,17-18,20-21,50-52,54-57,59-60,62-64H,3-4,6,8-10,12,14-16,19,22-49H2,1-2H3,(H,58,61)/b7-5-,13-11-,18-17-,21-20-. The van der Waals surface area contributed by atoms with Crippen LogP contribution in [-0.2, 0) is 14.3 Å². The van der Waals surface area contributed by atoms with E-state index in [2.05, 4.69) is 67.8 Å². The first kappa shape index (κ1) is 62.2. The zero-order valence-corrected chi connectivity index (χ0v) is 42.7. The summed E-state index contributed by atoms with van der Waals surface area (Å²) < 4.78 is 11.3. The molecular weight excluding hydrogens is 827 g/mol. The molecule has 0 aliphatic carbocycles. The molecule has 1 rings (SSSR count). The third-order valence-corrected chi connectivity index (χ3v) is 13.2. The van der Waals surface area contributed by atoms with Crippen molar-refractivity contribution in [2.75, 3.05) is 13.2 Å². The number of ether oxygens (including phenoxy) is 2.